The van der Waals surface area contributed by atoms with Gasteiger partial charge in [-0.1, -0.05) is 0 Å². The highest BCUT2D eigenvalue weighted by Gasteiger charge is 2.16. The molecule has 1 aromatic heterocycles. The van der Waals surface area contributed by atoms with E-state index in [0.29, 0.717) is 18.5 Å². The van der Waals surface area contributed by atoms with Crippen LogP contribution < -0.4 is 5.32 Å². The van der Waals surface area contributed by atoms with E-state index in [1.165, 1.54) is 25.4 Å². The Kier molecular flexibility index (Phi) is 6.68. The average molecular weight is 322 g/mol. The molecular formula is C16H22N2O5. The number of hydrogen-bond acceptors (Lipinski definition) is 6. The summed E-state index contributed by atoms with van der Waals surface area (Å²) in [4.78, 5) is 38.5. The summed E-state index contributed by atoms with van der Waals surface area (Å²) in [6, 6.07) is 2.91. The lowest BCUT2D eigenvalue weighted by molar-refractivity contribution is -0.154. The number of carbonyl (C=O) groups excluding carboxylic acids is 3. The van der Waals surface area contributed by atoms with Gasteiger partial charge in [-0.15, -0.1) is 0 Å². The Hall–Kier alpha value is -2.44. The van der Waals surface area contributed by atoms with E-state index in [1.807, 2.05) is 0 Å². The van der Waals surface area contributed by atoms with Crippen LogP contribution in [0.5, 0.6) is 0 Å². The number of nitrogens with one attached hydrogen (secondary N) is 1. The summed E-state index contributed by atoms with van der Waals surface area (Å²) in [5.74, 6) is -1.18. The first-order valence-electron chi connectivity index (χ1n) is 7.27. The van der Waals surface area contributed by atoms with Crippen molar-refractivity contribution in [1.82, 2.24) is 10.3 Å². The Labute approximate surface area is 135 Å². The molecule has 1 aromatic rings. The lowest BCUT2D eigenvalue weighted by atomic mass is 10.2. The lowest BCUT2D eigenvalue weighted by Gasteiger charge is -2.19. The zero-order chi connectivity index (χ0) is 17.5. The quantitative estimate of drug-likeness (QED) is 0.633. The van der Waals surface area contributed by atoms with Gasteiger partial charge in [0.2, 0.25) is 0 Å². The van der Waals surface area contributed by atoms with Crippen molar-refractivity contribution in [2.24, 2.45) is 0 Å². The van der Waals surface area contributed by atoms with E-state index in [9.17, 15) is 14.4 Å². The number of esters is 2. The SMILES string of the molecule is COC(=O)c1ccc(C(=O)NCCCC(=O)OC(C)(C)C)cn1. The molecular weight excluding hydrogens is 300 g/mol. The monoisotopic (exact) mass is 322 g/mol. The molecule has 7 nitrogen and oxygen atoms in total. The van der Waals surface area contributed by atoms with Crippen LogP contribution in [0.2, 0.25) is 0 Å². The van der Waals surface area contributed by atoms with Gasteiger partial charge < -0.3 is 14.8 Å². The van der Waals surface area contributed by atoms with Gasteiger partial charge in [0, 0.05) is 19.2 Å². The fraction of sp³-hybridized carbons (Fsp3) is 0.500. The van der Waals surface area contributed by atoms with Crippen LogP contribution in [-0.4, -0.2) is 42.1 Å². The largest absolute Gasteiger partial charge is 0.464 e. The summed E-state index contributed by atoms with van der Waals surface area (Å²) < 4.78 is 9.70. The van der Waals surface area contributed by atoms with Gasteiger partial charge >= 0.3 is 11.9 Å². The molecule has 23 heavy (non-hydrogen) atoms. The minimum absolute atomic E-state index is 0.133. The molecule has 0 saturated heterocycles. The summed E-state index contributed by atoms with van der Waals surface area (Å²) in [7, 11) is 1.26. The molecule has 0 fully saturated rings. The van der Waals surface area contributed by atoms with Crippen LogP contribution in [0.4, 0.5) is 0 Å². The number of hydrogen-bond donors (Lipinski definition) is 1. The van der Waals surface area contributed by atoms with Crippen molar-refractivity contribution in [2.45, 2.75) is 39.2 Å². The number of pyridine rings is 1. The second-order valence-corrected chi connectivity index (χ2v) is 5.87. The molecule has 1 rings (SSSR count). The van der Waals surface area contributed by atoms with Crippen molar-refractivity contribution in [1.29, 1.82) is 0 Å². The van der Waals surface area contributed by atoms with Gasteiger partial charge in [0.25, 0.3) is 5.91 Å². The Bertz CT molecular complexity index is 561. The van der Waals surface area contributed by atoms with E-state index >= 15 is 0 Å². The highest BCUT2D eigenvalue weighted by atomic mass is 16.6. The normalized spacial score (nSPS) is 10.8. The third-order valence-corrected chi connectivity index (χ3v) is 2.68. The Balaban J connectivity index is 2.37. The molecule has 0 aliphatic heterocycles. The van der Waals surface area contributed by atoms with Crippen molar-refractivity contribution in [3.8, 4) is 0 Å². The topological polar surface area (TPSA) is 94.6 Å². The lowest BCUT2D eigenvalue weighted by Crippen LogP contribution is -2.27. The van der Waals surface area contributed by atoms with E-state index in [2.05, 4.69) is 15.0 Å². The number of aromatic nitrogens is 1. The molecule has 7 heteroatoms. The molecule has 0 atom stereocenters. The highest BCUT2D eigenvalue weighted by molar-refractivity contribution is 5.95. The molecule has 0 saturated carbocycles. The van der Waals surface area contributed by atoms with Crippen LogP contribution in [0.25, 0.3) is 0 Å². The van der Waals surface area contributed by atoms with Gasteiger partial charge in [-0.3, -0.25) is 9.59 Å². The predicted octanol–water partition coefficient (Wildman–Crippen LogP) is 1.72. The highest BCUT2D eigenvalue weighted by Crippen LogP contribution is 2.09. The minimum Gasteiger partial charge on any atom is -0.464 e. The number of rotatable bonds is 6. The van der Waals surface area contributed by atoms with E-state index in [4.69, 9.17) is 4.74 Å². The Morgan fingerprint density at radius 1 is 1.22 bits per heavy atom. The Morgan fingerprint density at radius 3 is 2.43 bits per heavy atom. The third kappa shape index (κ3) is 6.90. The van der Waals surface area contributed by atoms with Gasteiger partial charge in [0.1, 0.15) is 11.3 Å². The van der Waals surface area contributed by atoms with E-state index in [-0.39, 0.29) is 24.0 Å². The average Bonchev–Trinajstić information content (AvgIpc) is 2.49. The van der Waals surface area contributed by atoms with Crippen molar-refractivity contribution >= 4 is 17.8 Å². The van der Waals surface area contributed by atoms with Crippen LogP contribution in [-0.2, 0) is 14.3 Å². The maximum absolute atomic E-state index is 11.9. The molecule has 0 aliphatic rings. The zero-order valence-electron chi connectivity index (χ0n) is 13.8. The molecule has 1 N–H and O–H groups in total. The second-order valence-electron chi connectivity index (χ2n) is 5.87. The van der Waals surface area contributed by atoms with Gasteiger partial charge in [0.15, 0.2) is 0 Å². The predicted molar refractivity (Wildman–Crippen MR) is 83.0 cm³/mol. The first-order valence-corrected chi connectivity index (χ1v) is 7.27. The smallest absolute Gasteiger partial charge is 0.356 e. The third-order valence-electron chi connectivity index (χ3n) is 2.68. The fourth-order valence-corrected chi connectivity index (χ4v) is 1.68. The van der Waals surface area contributed by atoms with Crippen molar-refractivity contribution < 1.29 is 23.9 Å². The maximum atomic E-state index is 11.9. The van der Waals surface area contributed by atoms with E-state index in [0.717, 1.165) is 0 Å². The summed E-state index contributed by atoms with van der Waals surface area (Å²) in [6.07, 6.45) is 2.01. The van der Waals surface area contributed by atoms with Gasteiger partial charge in [-0.2, -0.15) is 0 Å². The molecule has 0 aromatic carbocycles. The summed E-state index contributed by atoms with van der Waals surface area (Å²) in [5.41, 5.74) is -0.0446. The zero-order valence-corrected chi connectivity index (χ0v) is 13.8. The van der Waals surface area contributed by atoms with Gasteiger partial charge in [-0.25, -0.2) is 9.78 Å². The molecule has 0 aliphatic carbocycles. The molecule has 0 unspecified atom stereocenters. The first kappa shape index (κ1) is 18.6. The summed E-state index contributed by atoms with van der Waals surface area (Å²) in [6.45, 7) is 5.75. The molecule has 126 valence electrons. The molecule has 1 amide bonds. The van der Waals surface area contributed by atoms with E-state index < -0.39 is 11.6 Å². The summed E-state index contributed by atoms with van der Waals surface area (Å²) >= 11 is 0. The van der Waals surface area contributed by atoms with E-state index in [1.54, 1.807) is 20.8 Å². The van der Waals surface area contributed by atoms with Crippen LogP contribution in [0.1, 0.15) is 54.5 Å². The number of carbonyl (C=O) groups is 3. The maximum Gasteiger partial charge on any atom is 0.356 e. The molecule has 0 radical (unpaired) electrons. The molecule has 1 heterocycles. The van der Waals surface area contributed by atoms with Crippen LogP contribution in [0.3, 0.4) is 0 Å². The van der Waals surface area contributed by atoms with Crippen molar-refractivity contribution in [3.63, 3.8) is 0 Å². The van der Waals surface area contributed by atoms with Crippen molar-refractivity contribution in [3.05, 3.63) is 29.6 Å². The Morgan fingerprint density at radius 2 is 1.91 bits per heavy atom. The molecule has 0 spiro atoms. The number of ether oxygens (including phenoxy) is 2. The number of amides is 1. The van der Waals surface area contributed by atoms with Crippen molar-refractivity contribution in [2.75, 3.05) is 13.7 Å². The molecule has 0 bridgehead atoms. The van der Waals surface area contributed by atoms with Crippen LogP contribution >= 0.6 is 0 Å². The number of nitrogens with zero attached hydrogens (tertiary/aromatic N) is 1. The second kappa shape index (κ2) is 8.26. The van der Waals surface area contributed by atoms with Crippen LogP contribution in [0, 0.1) is 0 Å². The van der Waals surface area contributed by atoms with Gasteiger partial charge in [0.05, 0.1) is 12.7 Å². The fourth-order valence-electron chi connectivity index (χ4n) is 1.68. The van der Waals surface area contributed by atoms with Gasteiger partial charge in [-0.05, 0) is 39.3 Å². The number of methoxy groups -OCH3 is 1. The summed E-state index contributed by atoms with van der Waals surface area (Å²) in [5, 5.41) is 2.68. The minimum atomic E-state index is -0.561. The van der Waals surface area contributed by atoms with Crippen LogP contribution in [0.15, 0.2) is 18.3 Å². The first-order chi connectivity index (χ1) is 10.7. The standard InChI is InChI=1S/C16H22N2O5/c1-16(2,3)23-13(19)6-5-9-17-14(20)11-7-8-12(18-10-11)15(21)22-4/h7-8,10H,5-6,9H2,1-4H3,(H,17,20).